The normalized spacial score (nSPS) is 12.9. The van der Waals surface area contributed by atoms with E-state index in [-0.39, 0.29) is 29.7 Å². The standard InChI is InChI=1S/C19H23N3O3.HI/c1-24-16-8-12(9-17(25-2)18(16)23)11-21-19(20)22-15-7-6-13-4-3-5-14(13)10-15;/h6-10,23H,3-5,11H2,1-2H3,(H3,20,21,22);1H. The van der Waals surface area contributed by atoms with Crippen LogP contribution < -0.4 is 20.5 Å². The van der Waals surface area contributed by atoms with Crippen molar-refractivity contribution in [3.63, 3.8) is 0 Å². The molecule has 26 heavy (non-hydrogen) atoms. The first-order valence-corrected chi connectivity index (χ1v) is 8.23. The van der Waals surface area contributed by atoms with E-state index in [2.05, 4.69) is 22.4 Å². The molecule has 0 fully saturated rings. The molecule has 3 rings (SSSR count). The van der Waals surface area contributed by atoms with Crippen molar-refractivity contribution in [1.29, 1.82) is 0 Å². The van der Waals surface area contributed by atoms with Gasteiger partial charge >= 0.3 is 0 Å². The summed E-state index contributed by atoms with van der Waals surface area (Å²) in [5, 5.41) is 13.1. The van der Waals surface area contributed by atoms with Crippen LogP contribution in [-0.2, 0) is 19.4 Å². The number of nitrogens with two attached hydrogens (primary N) is 1. The van der Waals surface area contributed by atoms with Crippen molar-refractivity contribution in [2.75, 3.05) is 19.5 Å². The van der Waals surface area contributed by atoms with Crippen LogP contribution in [0, 0.1) is 0 Å². The summed E-state index contributed by atoms with van der Waals surface area (Å²) in [5.74, 6) is 0.996. The second-order valence-electron chi connectivity index (χ2n) is 6.01. The zero-order chi connectivity index (χ0) is 17.8. The lowest BCUT2D eigenvalue weighted by Gasteiger charge is -2.11. The molecule has 0 unspecified atom stereocenters. The lowest BCUT2D eigenvalue weighted by atomic mass is 10.1. The number of phenols is 1. The summed E-state index contributed by atoms with van der Waals surface area (Å²) in [4.78, 5) is 4.35. The fourth-order valence-electron chi connectivity index (χ4n) is 3.05. The number of hydrogen-bond acceptors (Lipinski definition) is 4. The SMILES string of the molecule is COc1cc(CN=C(N)Nc2ccc3c(c2)CCC3)cc(OC)c1O.I. The second-order valence-corrected chi connectivity index (χ2v) is 6.01. The quantitative estimate of drug-likeness (QED) is 0.355. The molecular formula is C19H24IN3O3. The van der Waals surface area contributed by atoms with Gasteiger partial charge in [-0.05, 0) is 60.2 Å². The topological polar surface area (TPSA) is 89.1 Å². The molecule has 2 aromatic rings. The zero-order valence-electron chi connectivity index (χ0n) is 14.9. The van der Waals surface area contributed by atoms with Gasteiger partial charge in [-0.15, -0.1) is 24.0 Å². The van der Waals surface area contributed by atoms with Crippen LogP contribution >= 0.6 is 24.0 Å². The molecule has 0 saturated carbocycles. The van der Waals surface area contributed by atoms with E-state index in [1.54, 1.807) is 12.1 Å². The summed E-state index contributed by atoms with van der Waals surface area (Å²) in [6.45, 7) is 0.344. The molecule has 0 aliphatic heterocycles. The van der Waals surface area contributed by atoms with Gasteiger partial charge in [-0.25, -0.2) is 4.99 Å². The number of aryl methyl sites for hydroxylation is 2. The molecule has 1 aliphatic carbocycles. The molecule has 0 atom stereocenters. The van der Waals surface area contributed by atoms with Gasteiger partial charge in [0.15, 0.2) is 17.5 Å². The summed E-state index contributed by atoms with van der Waals surface area (Å²) >= 11 is 0. The number of benzene rings is 2. The molecule has 0 heterocycles. The Morgan fingerprint density at radius 3 is 2.42 bits per heavy atom. The summed E-state index contributed by atoms with van der Waals surface area (Å²) in [6.07, 6.45) is 3.49. The number of phenolic OH excluding ortho intramolecular Hbond substituents is 1. The van der Waals surface area contributed by atoms with E-state index in [1.165, 1.54) is 31.8 Å². The molecule has 0 aromatic heterocycles. The van der Waals surface area contributed by atoms with E-state index in [4.69, 9.17) is 15.2 Å². The smallest absolute Gasteiger partial charge is 0.200 e. The Hall–Kier alpha value is -2.16. The van der Waals surface area contributed by atoms with Gasteiger partial charge in [0.1, 0.15) is 0 Å². The first kappa shape index (κ1) is 20.2. The van der Waals surface area contributed by atoms with Crippen LogP contribution in [0.4, 0.5) is 5.69 Å². The van der Waals surface area contributed by atoms with Gasteiger partial charge in [0.05, 0.1) is 20.8 Å². The van der Waals surface area contributed by atoms with Crippen LogP contribution in [0.1, 0.15) is 23.1 Å². The van der Waals surface area contributed by atoms with Crippen LogP contribution in [0.3, 0.4) is 0 Å². The third-order valence-electron chi connectivity index (χ3n) is 4.34. The minimum Gasteiger partial charge on any atom is -0.502 e. The number of rotatable bonds is 5. The monoisotopic (exact) mass is 469 g/mol. The van der Waals surface area contributed by atoms with Gasteiger partial charge in [0, 0.05) is 5.69 Å². The molecule has 0 amide bonds. The van der Waals surface area contributed by atoms with E-state index in [0.717, 1.165) is 24.1 Å². The third-order valence-corrected chi connectivity index (χ3v) is 4.34. The first-order valence-electron chi connectivity index (χ1n) is 8.23. The highest BCUT2D eigenvalue weighted by atomic mass is 127. The van der Waals surface area contributed by atoms with E-state index < -0.39 is 0 Å². The Kier molecular flexibility index (Phi) is 6.96. The van der Waals surface area contributed by atoms with Crippen molar-refractivity contribution in [2.45, 2.75) is 25.8 Å². The molecular weight excluding hydrogens is 445 g/mol. The average Bonchev–Trinajstić information content (AvgIpc) is 3.08. The fraction of sp³-hybridized carbons (Fsp3) is 0.316. The number of nitrogens with one attached hydrogen (secondary N) is 1. The highest BCUT2D eigenvalue weighted by Gasteiger charge is 2.12. The highest BCUT2D eigenvalue weighted by molar-refractivity contribution is 14.0. The Morgan fingerprint density at radius 1 is 1.12 bits per heavy atom. The Labute approximate surface area is 170 Å². The molecule has 0 bridgehead atoms. The minimum absolute atomic E-state index is 0. The maximum absolute atomic E-state index is 9.94. The number of hydrogen-bond donors (Lipinski definition) is 3. The molecule has 7 heteroatoms. The first-order chi connectivity index (χ1) is 12.1. The van der Waals surface area contributed by atoms with Crippen LogP contribution in [0.15, 0.2) is 35.3 Å². The van der Waals surface area contributed by atoms with Gasteiger partial charge in [0.25, 0.3) is 0 Å². The predicted octanol–water partition coefficient (Wildman–Crippen LogP) is 3.44. The molecule has 1 aliphatic rings. The van der Waals surface area contributed by atoms with Crippen LogP contribution in [0.5, 0.6) is 17.2 Å². The number of aliphatic imine (C=N–C) groups is 1. The van der Waals surface area contributed by atoms with Crippen molar-refractivity contribution in [3.05, 3.63) is 47.0 Å². The summed E-state index contributed by atoms with van der Waals surface area (Å²) in [5.41, 5.74) is 10.6. The lowest BCUT2D eigenvalue weighted by molar-refractivity contribution is 0.339. The number of fused-ring (bicyclic) bond motifs is 1. The number of aromatic hydroxyl groups is 1. The molecule has 140 valence electrons. The molecule has 0 radical (unpaired) electrons. The summed E-state index contributed by atoms with van der Waals surface area (Å²) in [7, 11) is 2.98. The van der Waals surface area contributed by atoms with Crippen LogP contribution in [-0.4, -0.2) is 25.3 Å². The molecule has 4 N–H and O–H groups in total. The Balaban J connectivity index is 0.00000243. The highest BCUT2D eigenvalue weighted by Crippen LogP contribution is 2.37. The van der Waals surface area contributed by atoms with Gasteiger partial charge in [0.2, 0.25) is 5.75 Å². The lowest BCUT2D eigenvalue weighted by Crippen LogP contribution is -2.22. The van der Waals surface area contributed by atoms with Crippen molar-refractivity contribution in [2.24, 2.45) is 10.7 Å². The average molecular weight is 469 g/mol. The van der Waals surface area contributed by atoms with E-state index >= 15 is 0 Å². The Morgan fingerprint density at radius 2 is 1.77 bits per heavy atom. The number of methoxy groups -OCH3 is 2. The van der Waals surface area contributed by atoms with Crippen molar-refractivity contribution in [1.82, 2.24) is 0 Å². The van der Waals surface area contributed by atoms with E-state index in [1.807, 2.05) is 6.07 Å². The van der Waals surface area contributed by atoms with Crippen LogP contribution in [0.25, 0.3) is 0 Å². The number of anilines is 1. The summed E-state index contributed by atoms with van der Waals surface area (Å²) < 4.78 is 10.3. The number of guanidine groups is 1. The van der Waals surface area contributed by atoms with Crippen molar-refractivity contribution < 1.29 is 14.6 Å². The number of halogens is 1. The predicted molar refractivity (Wildman–Crippen MR) is 114 cm³/mol. The number of nitrogens with zero attached hydrogens (tertiary/aromatic N) is 1. The maximum Gasteiger partial charge on any atom is 0.200 e. The third kappa shape index (κ3) is 4.51. The minimum atomic E-state index is -0.0260. The number of ether oxygens (including phenoxy) is 2. The largest absolute Gasteiger partial charge is 0.502 e. The van der Waals surface area contributed by atoms with Gasteiger partial charge in [-0.3, -0.25) is 0 Å². The zero-order valence-corrected chi connectivity index (χ0v) is 17.2. The van der Waals surface area contributed by atoms with E-state index in [9.17, 15) is 5.11 Å². The van der Waals surface area contributed by atoms with E-state index in [0.29, 0.717) is 24.0 Å². The van der Waals surface area contributed by atoms with Crippen LogP contribution in [0.2, 0.25) is 0 Å². The molecule has 0 spiro atoms. The fourth-order valence-corrected chi connectivity index (χ4v) is 3.05. The molecule has 6 nitrogen and oxygen atoms in total. The van der Waals surface area contributed by atoms with Gasteiger partial charge in [-0.1, -0.05) is 6.07 Å². The van der Waals surface area contributed by atoms with Crippen molar-refractivity contribution in [3.8, 4) is 17.2 Å². The maximum atomic E-state index is 9.94. The second kappa shape index (κ2) is 8.98. The van der Waals surface area contributed by atoms with Gasteiger partial charge < -0.3 is 25.6 Å². The van der Waals surface area contributed by atoms with Crippen molar-refractivity contribution >= 4 is 35.6 Å². The summed E-state index contributed by atoms with van der Waals surface area (Å²) in [6, 6.07) is 9.73. The molecule has 0 saturated heterocycles. The van der Waals surface area contributed by atoms with Gasteiger partial charge in [-0.2, -0.15) is 0 Å². The Bertz CT molecular complexity index is 784. The molecule has 2 aromatic carbocycles.